The number of ether oxygens (including phenoxy) is 2. The largest absolute Gasteiger partial charge is 0.479 e. The van der Waals surface area contributed by atoms with Crippen molar-refractivity contribution in [3.63, 3.8) is 0 Å². The van der Waals surface area contributed by atoms with Crippen LogP contribution >= 0.6 is 24.4 Å². The van der Waals surface area contributed by atoms with Crippen molar-refractivity contribution in [1.82, 2.24) is 4.90 Å². The number of amides is 1. The monoisotopic (exact) mass is 501 g/mol. The highest BCUT2D eigenvalue weighted by molar-refractivity contribution is 8.00. The molecule has 0 aromatic heterocycles. The van der Waals surface area contributed by atoms with Crippen LogP contribution in [0.1, 0.15) is 13.3 Å². The summed E-state index contributed by atoms with van der Waals surface area (Å²) in [5, 5.41) is 39.0. The van der Waals surface area contributed by atoms with E-state index in [9.17, 15) is 34.8 Å². The van der Waals surface area contributed by atoms with Gasteiger partial charge in [0.1, 0.15) is 24.4 Å². The van der Waals surface area contributed by atoms with E-state index in [4.69, 9.17) is 9.47 Å². The van der Waals surface area contributed by atoms with Gasteiger partial charge in [-0.15, -0.1) is 11.8 Å². The molecule has 2 aliphatic heterocycles. The first kappa shape index (κ1) is 25.8. The summed E-state index contributed by atoms with van der Waals surface area (Å²) < 4.78 is 10.2. The van der Waals surface area contributed by atoms with Crippen LogP contribution in [0.5, 0.6) is 0 Å². The molecule has 0 radical (unpaired) electrons. The Morgan fingerprint density at radius 2 is 1.85 bits per heavy atom. The second-order valence-electron chi connectivity index (χ2n) is 8.05. The number of thiol groups is 1. The van der Waals surface area contributed by atoms with Gasteiger partial charge in [0, 0.05) is 28.4 Å². The molecule has 8 atom stereocenters. The van der Waals surface area contributed by atoms with E-state index < -0.39 is 54.6 Å². The van der Waals surface area contributed by atoms with Gasteiger partial charge in [0.2, 0.25) is 12.2 Å². The molecule has 0 saturated carbocycles. The number of rotatable bonds is 7. The summed E-state index contributed by atoms with van der Waals surface area (Å²) in [5.41, 5.74) is 0. The van der Waals surface area contributed by atoms with Crippen molar-refractivity contribution in [1.29, 1.82) is 0 Å². The van der Waals surface area contributed by atoms with E-state index in [0.717, 1.165) is 4.90 Å². The molecule has 2 heterocycles. The molecule has 2 aliphatic rings. The van der Waals surface area contributed by atoms with E-state index in [-0.39, 0.29) is 29.9 Å². The zero-order valence-electron chi connectivity index (χ0n) is 17.8. The fraction of sp³-hybridized carbons (Fsp3) is 0.571. The van der Waals surface area contributed by atoms with Crippen LogP contribution in [0.2, 0.25) is 0 Å². The Morgan fingerprint density at radius 3 is 2.45 bits per heavy atom. The molecule has 33 heavy (non-hydrogen) atoms. The van der Waals surface area contributed by atoms with E-state index in [2.05, 4.69) is 12.6 Å². The van der Waals surface area contributed by atoms with Gasteiger partial charge in [-0.3, -0.25) is 4.79 Å². The van der Waals surface area contributed by atoms with Gasteiger partial charge in [-0.05, 0) is 18.6 Å². The summed E-state index contributed by atoms with van der Waals surface area (Å²) in [7, 11) is 0. The fourth-order valence-corrected chi connectivity index (χ4v) is 5.11. The van der Waals surface area contributed by atoms with Crippen LogP contribution in [0, 0.1) is 5.92 Å². The van der Waals surface area contributed by atoms with Gasteiger partial charge in [0.25, 0.3) is 0 Å². The third kappa shape index (κ3) is 5.81. The number of thioether (sulfide) groups is 1. The Balaban J connectivity index is 1.76. The predicted octanol–water partition coefficient (Wildman–Crippen LogP) is -0.251. The number of hydrogen-bond donors (Lipinski definition) is 5. The van der Waals surface area contributed by atoms with Gasteiger partial charge in [0.05, 0.1) is 0 Å². The quantitative estimate of drug-likeness (QED) is 0.250. The lowest BCUT2D eigenvalue weighted by atomic mass is 9.99. The number of nitrogens with zero attached hydrogens (tertiary/aromatic N) is 1. The van der Waals surface area contributed by atoms with E-state index >= 15 is 0 Å². The minimum Gasteiger partial charge on any atom is -0.479 e. The maximum absolute atomic E-state index is 13.0. The third-order valence-corrected chi connectivity index (χ3v) is 7.37. The highest BCUT2D eigenvalue weighted by Gasteiger charge is 2.50. The summed E-state index contributed by atoms with van der Waals surface area (Å²) >= 11 is 5.68. The molecule has 10 nitrogen and oxygen atoms in total. The van der Waals surface area contributed by atoms with Crippen molar-refractivity contribution in [3.05, 3.63) is 30.3 Å². The Bertz CT molecular complexity index is 857. The normalized spacial score (nSPS) is 32.9. The average molecular weight is 502 g/mol. The second-order valence-corrected chi connectivity index (χ2v) is 9.79. The first-order chi connectivity index (χ1) is 15.6. The van der Waals surface area contributed by atoms with Crippen molar-refractivity contribution in [3.8, 4) is 0 Å². The van der Waals surface area contributed by atoms with Crippen LogP contribution < -0.4 is 0 Å². The molecule has 1 aromatic rings. The summed E-state index contributed by atoms with van der Waals surface area (Å²) in [6.45, 7) is 1.97. The van der Waals surface area contributed by atoms with Crippen molar-refractivity contribution in [2.24, 2.45) is 5.92 Å². The molecule has 4 N–H and O–H groups in total. The van der Waals surface area contributed by atoms with Gasteiger partial charge in [-0.2, -0.15) is 12.6 Å². The molecule has 182 valence electrons. The van der Waals surface area contributed by atoms with Gasteiger partial charge >= 0.3 is 11.9 Å². The lowest BCUT2D eigenvalue weighted by Gasteiger charge is -2.38. The third-order valence-electron chi connectivity index (χ3n) is 5.60. The van der Waals surface area contributed by atoms with E-state index in [0.29, 0.717) is 0 Å². The molecular formula is C21H27NO9S2. The van der Waals surface area contributed by atoms with Crippen LogP contribution in [-0.4, -0.2) is 97.5 Å². The predicted molar refractivity (Wildman–Crippen MR) is 120 cm³/mol. The Labute approximate surface area is 200 Å². The molecule has 5 unspecified atom stereocenters. The van der Waals surface area contributed by atoms with E-state index in [1.54, 1.807) is 6.92 Å². The minimum atomic E-state index is -1.90. The van der Waals surface area contributed by atoms with Crippen molar-refractivity contribution < 1.29 is 44.3 Å². The molecule has 12 heteroatoms. The number of benzene rings is 1. The van der Waals surface area contributed by atoms with Crippen LogP contribution in [0.25, 0.3) is 0 Å². The number of carbonyl (C=O) groups excluding carboxylic acids is 2. The smallest absolute Gasteiger partial charge is 0.335 e. The molecule has 2 saturated heterocycles. The molecule has 1 amide bonds. The highest BCUT2D eigenvalue weighted by Crippen LogP contribution is 2.35. The summed E-state index contributed by atoms with van der Waals surface area (Å²) in [6.07, 6.45) is -9.12. The average Bonchev–Trinajstić information content (AvgIpc) is 3.22. The number of carboxylic acids is 1. The maximum Gasteiger partial charge on any atom is 0.335 e. The summed E-state index contributed by atoms with van der Waals surface area (Å²) in [5.74, 6) is -2.94. The van der Waals surface area contributed by atoms with Crippen LogP contribution in [0.3, 0.4) is 0 Å². The Hall–Kier alpha value is -1.83. The SMILES string of the molecule is C[C@@H](CS)C(=O)N1C[C@H](Sc2ccccc2)C[C@@H]1C(=O)OC1OC(C(=O)O)C(O)C(O)C1O. The van der Waals surface area contributed by atoms with Crippen LogP contribution in [0.15, 0.2) is 35.2 Å². The highest BCUT2D eigenvalue weighted by atomic mass is 32.2. The number of aliphatic carboxylic acids is 1. The van der Waals surface area contributed by atoms with Gasteiger partial charge in [-0.1, -0.05) is 25.1 Å². The number of aliphatic hydroxyl groups excluding tert-OH is 3. The molecule has 0 aliphatic carbocycles. The zero-order valence-corrected chi connectivity index (χ0v) is 19.5. The lowest BCUT2D eigenvalue weighted by molar-refractivity contribution is -0.287. The number of hydrogen-bond acceptors (Lipinski definition) is 10. The molecular weight excluding hydrogens is 474 g/mol. The van der Waals surface area contributed by atoms with E-state index in [1.807, 2.05) is 30.3 Å². The van der Waals surface area contributed by atoms with Gasteiger partial charge in [-0.25, -0.2) is 9.59 Å². The van der Waals surface area contributed by atoms with Crippen molar-refractivity contribution >= 4 is 42.2 Å². The molecule has 0 bridgehead atoms. The van der Waals surface area contributed by atoms with Gasteiger partial charge < -0.3 is 34.8 Å². The number of esters is 1. The standard InChI is InChI=1S/C21H27NO9S2/c1-10(9-32)18(26)22-8-12(33-11-5-3-2-4-6-11)7-13(22)20(29)31-21-16(25)14(23)15(24)17(30-21)19(27)28/h2-6,10,12-17,21,23-25,32H,7-9H2,1H3,(H,27,28)/t10-,12+,13+,14?,15?,16?,17?,21?/m0/s1. The lowest BCUT2D eigenvalue weighted by Crippen LogP contribution is -2.61. The topological polar surface area (TPSA) is 154 Å². The molecule has 3 rings (SSSR count). The first-order valence-electron chi connectivity index (χ1n) is 10.4. The Morgan fingerprint density at radius 1 is 1.18 bits per heavy atom. The number of carbonyl (C=O) groups is 3. The first-order valence-corrected chi connectivity index (χ1v) is 11.9. The Kier molecular flexibility index (Phi) is 8.65. The molecule has 2 fully saturated rings. The maximum atomic E-state index is 13.0. The van der Waals surface area contributed by atoms with Crippen LogP contribution in [0.4, 0.5) is 0 Å². The van der Waals surface area contributed by atoms with E-state index in [1.165, 1.54) is 16.7 Å². The number of carboxylic acid groups (broad SMARTS) is 1. The second kappa shape index (κ2) is 11.1. The fourth-order valence-electron chi connectivity index (χ4n) is 3.74. The zero-order chi connectivity index (χ0) is 24.3. The molecule has 1 aromatic carbocycles. The van der Waals surface area contributed by atoms with Crippen LogP contribution in [-0.2, 0) is 23.9 Å². The number of aliphatic hydroxyl groups is 3. The van der Waals surface area contributed by atoms with Crippen molar-refractivity contribution in [2.45, 2.75) is 60.2 Å². The molecule has 0 spiro atoms. The van der Waals surface area contributed by atoms with Crippen molar-refractivity contribution in [2.75, 3.05) is 12.3 Å². The number of likely N-dealkylation sites (tertiary alicyclic amines) is 1. The summed E-state index contributed by atoms with van der Waals surface area (Å²) in [4.78, 5) is 39.6. The minimum absolute atomic E-state index is 0.114. The van der Waals surface area contributed by atoms with Gasteiger partial charge in [0.15, 0.2) is 6.10 Å². The summed E-state index contributed by atoms with van der Waals surface area (Å²) in [6, 6.07) is 8.50.